The molecule has 0 unspecified atom stereocenters. The van der Waals surface area contributed by atoms with Crippen LogP contribution in [0.25, 0.3) is 28.6 Å². The number of para-hydroxylation sites is 1. The molecule has 0 saturated heterocycles. The van der Waals surface area contributed by atoms with Gasteiger partial charge in [0.05, 0.1) is 11.3 Å². The lowest BCUT2D eigenvalue weighted by molar-refractivity contribution is -0.111. The number of nitrogens with one attached hydrogen (secondary N) is 1. The van der Waals surface area contributed by atoms with Crippen molar-refractivity contribution in [2.45, 2.75) is 6.92 Å². The number of benzene rings is 3. The van der Waals surface area contributed by atoms with Gasteiger partial charge in [-0.3, -0.25) is 4.79 Å². The van der Waals surface area contributed by atoms with Gasteiger partial charge in [-0.1, -0.05) is 41.9 Å². The van der Waals surface area contributed by atoms with Crippen molar-refractivity contribution in [2.24, 2.45) is 0 Å². The molecule has 1 amide bonds. The number of anilines is 1. The Kier molecular flexibility index (Phi) is 4.96. The van der Waals surface area contributed by atoms with Crippen LogP contribution in [-0.2, 0) is 4.79 Å². The molecule has 4 rings (SSSR count). The molecule has 1 aromatic heterocycles. The average Bonchev–Trinajstić information content (AvgIpc) is 3.11. The predicted octanol–water partition coefficient (Wildman–Crippen LogP) is 6.11. The summed E-state index contributed by atoms with van der Waals surface area (Å²) in [7, 11) is 0. The van der Waals surface area contributed by atoms with Crippen molar-refractivity contribution < 1.29 is 9.21 Å². The van der Waals surface area contributed by atoms with Crippen LogP contribution in [0.15, 0.2) is 77.2 Å². The Hall–Kier alpha value is -3.37. The number of hydrogen-bond acceptors (Lipinski definition) is 3. The molecular formula is C23H17ClN2O2. The molecule has 0 bridgehead atoms. The molecule has 28 heavy (non-hydrogen) atoms. The number of fused-ring (bicyclic) bond motifs is 1. The SMILES string of the molecule is Cc1ccc2oc(-c3ccccc3NC(=O)C=Cc3ccc(Cl)cc3)nc2c1. The van der Waals surface area contributed by atoms with E-state index in [9.17, 15) is 4.79 Å². The second-order valence-electron chi connectivity index (χ2n) is 6.41. The number of aryl methyl sites for hydroxylation is 1. The second kappa shape index (κ2) is 7.71. The Morgan fingerprint density at radius 3 is 2.68 bits per heavy atom. The standard InChI is InChI=1S/C23H17ClN2O2/c1-15-6-12-21-20(14-15)26-23(28-21)18-4-2-3-5-19(18)25-22(27)13-9-16-7-10-17(24)11-8-16/h2-14H,1H3,(H,25,27). The molecule has 0 aliphatic carbocycles. The average molecular weight is 389 g/mol. The highest BCUT2D eigenvalue weighted by atomic mass is 35.5. The van der Waals surface area contributed by atoms with Gasteiger partial charge in [-0.05, 0) is 60.5 Å². The molecule has 0 radical (unpaired) electrons. The highest BCUT2D eigenvalue weighted by molar-refractivity contribution is 6.30. The summed E-state index contributed by atoms with van der Waals surface area (Å²) in [5.74, 6) is 0.229. The summed E-state index contributed by atoms with van der Waals surface area (Å²) >= 11 is 5.88. The van der Waals surface area contributed by atoms with Crippen LogP contribution in [0.5, 0.6) is 0 Å². The van der Waals surface area contributed by atoms with Crippen LogP contribution in [-0.4, -0.2) is 10.9 Å². The maximum Gasteiger partial charge on any atom is 0.248 e. The molecule has 1 N–H and O–H groups in total. The summed E-state index contributed by atoms with van der Waals surface area (Å²) in [5.41, 5.74) is 4.87. The van der Waals surface area contributed by atoms with Crippen molar-refractivity contribution in [3.05, 3.63) is 89.0 Å². The number of halogens is 1. The molecule has 0 saturated carbocycles. The smallest absolute Gasteiger partial charge is 0.248 e. The quantitative estimate of drug-likeness (QED) is 0.429. The highest BCUT2D eigenvalue weighted by Crippen LogP contribution is 2.30. The summed E-state index contributed by atoms with van der Waals surface area (Å²) in [6.07, 6.45) is 3.21. The van der Waals surface area contributed by atoms with Gasteiger partial charge in [-0.15, -0.1) is 0 Å². The molecule has 0 spiro atoms. The Morgan fingerprint density at radius 1 is 1.07 bits per heavy atom. The van der Waals surface area contributed by atoms with E-state index in [1.54, 1.807) is 18.2 Å². The van der Waals surface area contributed by atoms with E-state index in [2.05, 4.69) is 10.3 Å². The second-order valence-corrected chi connectivity index (χ2v) is 6.85. The Bertz CT molecular complexity index is 1180. The lowest BCUT2D eigenvalue weighted by atomic mass is 10.1. The van der Waals surface area contributed by atoms with E-state index in [0.29, 0.717) is 22.2 Å². The Labute approximate surface area is 167 Å². The van der Waals surface area contributed by atoms with E-state index in [-0.39, 0.29) is 5.91 Å². The first-order valence-corrected chi connectivity index (χ1v) is 9.17. The van der Waals surface area contributed by atoms with Crippen LogP contribution in [0.1, 0.15) is 11.1 Å². The van der Waals surface area contributed by atoms with E-state index in [0.717, 1.165) is 22.2 Å². The lowest BCUT2D eigenvalue weighted by Crippen LogP contribution is -2.08. The van der Waals surface area contributed by atoms with Gasteiger partial charge in [-0.25, -0.2) is 4.98 Å². The Balaban J connectivity index is 1.58. The normalized spacial score (nSPS) is 11.2. The van der Waals surface area contributed by atoms with Crippen molar-refractivity contribution in [3.8, 4) is 11.5 Å². The number of nitrogens with zero attached hydrogens (tertiary/aromatic N) is 1. The minimum atomic E-state index is -0.241. The van der Waals surface area contributed by atoms with Crippen LogP contribution in [0.2, 0.25) is 5.02 Å². The number of oxazole rings is 1. The maximum atomic E-state index is 12.4. The number of carbonyl (C=O) groups is 1. The number of carbonyl (C=O) groups excluding carboxylic acids is 1. The molecular weight excluding hydrogens is 372 g/mol. The van der Waals surface area contributed by atoms with Gasteiger partial charge in [0.15, 0.2) is 5.58 Å². The van der Waals surface area contributed by atoms with Gasteiger partial charge in [0.25, 0.3) is 0 Å². The van der Waals surface area contributed by atoms with E-state index < -0.39 is 0 Å². The maximum absolute atomic E-state index is 12.4. The fraction of sp³-hybridized carbons (Fsp3) is 0.0435. The first-order chi connectivity index (χ1) is 13.6. The van der Waals surface area contributed by atoms with Crippen LogP contribution < -0.4 is 5.32 Å². The molecule has 138 valence electrons. The van der Waals surface area contributed by atoms with Gasteiger partial charge in [0, 0.05) is 11.1 Å². The summed E-state index contributed by atoms with van der Waals surface area (Å²) in [5, 5.41) is 3.55. The molecule has 4 aromatic rings. The van der Waals surface area contributed by atoms with Crippen LogP contribution >= 0.6 is 11.6 Å². The minimum Gasteiger partial charge on any atom is -0.436 e. The third kappa shape index (κ3) is 3.97. The first-order valence-electron chi connectivity index (χ1n) is 8.80. The summed E-state index contributed by atoms with van der Waals surface area (Å²) in [6, 6.07) is 20.5. The zero-order chi connectivity index (χ0) is 19.5. The monoisotopic (exact) mass is 388 g/mol. The van der Waals surface area contributed by atoms with Gasteiger partial charge < -0.3 is 9.73 Å². The molecule has 0 fully saturated rings. The van der Waals surface area contributed by atoms with Crippen LogP contribution in [0.3, 0.4) is 0 Å². The zero-order valence-corrected chi connectivity index (χ0v) is 15.9. The topological polar surface area (TPSA) is 55.1 Å². The lowest BCUT2D eigenvalue weighted by Gasteiger charge is -2.06. The molecule has 4 nitrogen and oxygen atoms in total. The van der Waals surface area contributed by atoms with E-state index in [4.69, 9.17) is 16.0 Å². The summed E-state index contributed by atoms with van der Waals surface area (Å²) in [6.45, 7) is 2.01. The number of aromatic nitrogens is 1. The van der Waals surface area contributed by atoms with Gasteiger partial charge in [-0.2, -0.15) is 0 Å². The fourth-order valence-corrected chi connectivity index (χ4v) is 2.98. The minimum absolute atomic E-state index is 0.241. The van der Waals surface area contributed by atoms with E-state index in [1.165, 1.54) is 6.08 Å². The third-order valence-electron chi connectivity index (χ3n) is 4.26. The predicted molar refractivity (Wildman–Crippen MR) is 113 cm³/mol. The van der Waals surface area contributed by atoms with Crippen molar-refractivity contribution in [1.82, 2.24) is 4.98 Å². The van der Waals surface area contributed by atoms with Crippen molar-refractivity contribution in [3.63, 3.8) is 0 Å². The largest absolute Gasteiger partial charge is 0.436 e. The van der Waals surface area contributed by atoms with Crippen molar-refractivity contribution >= 4 is 40.4 Å². The molecule has 5 heteroatoms. The van der Waals surface area contributed by atoms with E-state index in [1.807, 2.05) is 61.5 Å². The van der Waals surface area contributed by atoms with E-state index >= 15 is 0 Å². The number of rotatable bonds is 4. The van der Waals surface area contributed by atoms with Crippen molar-refractivity contribution in [2.75, 3.05) is 5.32 Å². The third-order valence-corrected chi connectivity index (χ3v) is 4.51. The molecule has 0 atom stereocenters. The van der Waals surface area contributed by atoms with Crippen LogP contribution in [0, 0.1) is 6.92 Å². The Morgan fingerprint density at radius 2 is 1.86 bits per heavy atom. The number of hydrogen-bond donors (Lipinski definition) is 1. The molecule has 1 heterocycles. The summed E-state index contributed by atoms with van der Waals surface area (Å²) < 4.78 is 5.88. The van der Waals surface area contributed by atoms with Gasteiger partial charge >= 0.3 is 0 Å². The van der Waals surface area contributed by atoms with Crippen molar-refractivity contribution in [1.29, 1.82) is 0 Å². The first kappa shape index (κ1) is 18.0. The van der Waals surface area contributed by atoms with Crippen LogP contribution in [0.4, 0.5) is 5.69 Å². The molecule has 0 aliphatic rings. The number of amides is 1. The molecule has 3 aromatic carbocycles. The zero-order valence-electron chi connectivity index (χ0n) is 15.1. The molecule has 0 aliphatic heterocycles. The highest BCUT2D eigenvalue weighted by Gasteiger charge is 2.13. The van der Waals surface area contributed by atoms with Gasteiger partial charge in [0.1, 0.15) is 5.52 Å². The van der Waals surface area contributed by atoms with Gasteiger partial charge in [0.2, 0.25) is 11.8 Å². The fourth-order valence-electron chi connectivity index (χ4n) is 2.85. The summed E-state index contributed by atoms with van der Waals surface area (Å²) in [4.78, 5) is 16.9.